The SMILES string of the molecule is CCCCCCCCOc1ccc(C=Cc2cc(Br)sc2Br)cc1. The zero-order valence-corrected chi connectivity index (χ0v) is 18.1. The van der Waals surface area contributed by atoms with Gasteiger partial charge in [-0.2, -0.15) is 0 Å². The van der Waals surface area contributed by atoms with Gasteiger partial charge < -0.3 is 4.74 Å². The van der Waals surface area contributed by atoms with Crippen molar-refractivity contribution in [3.05, 3.63) is 49.0 Å². The fourth-order valence-corrected chi connectivity index (χ4v) is 5.16. The van der Waals surface area contributed by atoms with E-state index >= 15 is 0 Å². The molecule has 0 aliphatic heterocycles. The van der Waals surface area contributed by atoms with Gasteiger partial charge in [-0.05, 0) is 62.0 Å². The van der Waals surface area contributed by atoms with E-state index in [9.17, 15) is 0 Å². The minimum atomic E-state index is 0.817. The molecule has 1 aromatic carbocycles. The number of thiophene rings is 1. The van der Waals surface area contributed by atoms with Crippen LogP contribution in [0.4, 0.5) is 0 Å². The van der Waals surface area contributed by atoms with E-state index in [1.54, 1.807) is 11.3 Å². The lowest BCUT2D eigenvalue weighted by molar-refractivity contribution is 0.304. The van der Waals surface area contributed by atoms with Crippen LogP contribution in [0.5, 0.6) is 5.75 Å². The van der Waals surface area contributed by atoms with Crippen molar-refractivity contribution in [1.29, 1.82) is 0 Å². The van der Waals surface area contributed by atoms with Gasteiger partial charge in [0.05, 0.1) is 14.2 Å². The van der Waals surface area contributed by atoms with E-state index in [2.05, 4.69) is 81.3 Å². The van der Waals surface area contributed by atoms with Gasteiger partial charge in [-0.1, -0.05) is 63.3 Å². The molecule has 1 nitrogen and oxygen atoms in total. The topological polar surface area (TPSA) is 9.23 Å². The Hall–Kier alpha value is -0.580. The average Bonchev–Trinajstić information content (AvgIpc) is 2.91. The lowest BCUT2D eigenvalue weighted by Gasteiger charge is -2.06. The first-order chi connectivity index (χ1) is 11.7. The standard InChI is InChI=1S/C20H24Br2OS/c1-2-3-4-5-6-7-14-23-18-12-9-16(10-13-18)8-11-17-15-19(21)24-20(17)22/h8-13,15H,2-7,14H2,1H3. The molecule has 0 spiro atoms. The molecule has 0 aliphatic carbocycles. The maximum atomic E-state index is 5.82. The van der Waals surface area contributed by atoms with Crippen molar-refractivity contribution in [2.45, 2.75) is 45.4 Å². The Kier molecular flexibility index (Phi) is 9.14. The largest absolute Gasteiger partial charge is 0.494 e. The highest BCUT2D eigenvalue weighted by Crippen LogP contribution is 2.33. The minimum absolute atomic E-state index is 0.817. The minimum Gasteiger partial charge on any atom is -0.494 e. The molecule has 0 saturated heterocycles. The van der Waals surface area contributed by atoms with E-state index in [4.69, 9.17) is 4.74 Å². The molecule has 1 aromatic heterocycles. The molecule has 0 amide bonds. The van der Waals surface area contributed by atoms with Gasteiger partial charge >= 0.3 is 0 Å². The number of ether oxygens (including phenoxy) is 1. The van der Waals surface area contributed by atoms with Gasteiger partial charge in [0, 0.05) is 5.56 Å². The second kappa shape index (κ2) is 11.1. The van der Waals surface area contributed by atoms with Crippen LogP contribution in [0.1, 0.15) is 56.6 Å². The lowest BCUT2D eigenvalue weighted by atomic mass is 10.1. The summed E-state index contributed by atoms with van der Waals surface area (Å²) in [6, 6.07) is 10.4. The third kappa shape index (κ3) is 7.12. The molecule has 0 N–H and O–H groups in total. The number of rotatable bonds is 10. The fraction of sp³-hybridized carbons (Fsp3) is 0.400. The van der Waals surface area contributed by atoms with E-state index in [1.165, 1.54) is 43.2 Å². The van der Waals surface area contributed by atoms with Crippen molar-refractivity contribution in [3.8, 4) is 5.75 Å². The summed E-state index contributed by atoms with van der Waals surface area (Å²) in [5, 5.41) is 0. The van der Waals surface area contributed by atoms with Gasteiger partial charge in [0.2, 0.25) is 0 Å². The van der Waals surface area contributed by atoms with E-state index in [1.807, 2.05) is 0 Å². The van der Waals surface area contributed by atoms with Crippen LogP contribution < -0.4 is 4.74 Å². The number of hydrogen-bond acceptors (Lipinski definition) is 2. The van der Waals surface area contributed by atoms with Crippen molar-refractivity contribution in [2.75, 3.05) is 6.61 Å². The molecule has 4 heteroatoms. The molecule has 0 radical (unpaired) electrons. The van der Waals surface area contributed by atoms with Crippen molar-refractivity contribution in [1.82, 2.24) is 0 Å². The van der Waals surface area contributed by atoms with Gasteiger partial charge in [-0.3, -0.25) is 0 Å². The Morgan fingerprint density at radius 1 is 0.958 bits per heavy atom. The van der Waals surface area contributed by atoms with Gasteiger partial charge in [0.15, 0.2) is 0 Å². The number of hydrogen-bond donors (Lipinski definition) is 0. The molecule has 0 saturated carbocycles. The van der Waals surface area contributed by atoms with Crippen LogP contribution in [0.25, 0.3) is 12.2 Å². The zero-order valence-electron chi connectivity index (χ0n) is 14.1. The molecular formula is C20H24Br2OS. The van der Waals surface area contributed by atoms with E-state index < -0.39 is 0 Å². The van der Waals surface area contributed by atoms with Gasteiger partial charge in [0.25, 0.3) is 0 Å². The molecule has 2 aromatic rings. The van der Waals surface area contributed by atoms with Gasteiger partial charge in [0.1, 0.15) is 5.75 Å². The van der Waals surface area contributed by atoms with Crippen molar-refractivity contribution < 1.29 is 4.74 Å². The predicted molar refractivity (Wildman–Crippen MR) is 114 cm³/mol. The summed E-state index contributed by atoms with van der Waals surface area (Å²) in [6.45, 7) is 3.07. The van der Waals surface area contributed by atoms with Crippen LogP contribution >= 0.6 is 43.2 Å². The first-order valence-corrected chi connectivity index (χ1v) is 10.9. The van der Waals surface area contributed by atoms with Crippen LogP contribution in [-0.2, 0) is 0 Å². The third-order valence-corrected chi connectivity index (χ3v) is 6.17. The predicted octanol–water partition coefficient (Wildman–Crippen LogP) is 8.18. The summed E-state index contributed by atoms with van der Waals surface area (Å²) in [4.78, 5) is 0. The zero-order chi connectivity index (χ0) is 17.2. The molecule has 0 unspecified atom stereocenters. The molecule has 0 bridgehead atoms. The van der Waals surface area contributed by atoms with Crippen molar-refractivity contribution >= 4 is 55.3 Å². The Labute approximate surface area is 166 Å². The summed E-state index contributed by atoms with van der Waals surface area (Å²) in [5.41, 5.74) is 2.37. The van der Waals surface area contributed by atoms with Crippen LogP contribution in [0.3, 0.4) is 0 Å². The summed E-state index contributed by atoms with van der Waals surface area (Å²) in [7, 11) is 0. The van der Waals surface area contributed by atoms with Gasteiger partial charge in [-0.25, -0.2) is 0 Å². The Balaban J connectivity index is 1.73. The average molecular weight is 472 g/mol. The molecule has 1 heterocycles. The third-order valence-electron chi connectivity index (χ3n) is 3.79. The molecule has 0 aliphatic rings. The molecule has 24 heavy (non-hydrogen) atoms. The molecule has 0 fully saturated rings. The molecule has 2 rings (SSSR count). The van der Waals surface area contributed by atoms with Crippen molar-refractivity contribution in [2.24, 2.45) is 0 Å². The number of halogens is 2. The Morgan fingerprint density at radius 3 is 2.33 bits per heavy atom. The first kappa shape index (κ1) is 19.7. The summed E-state index contributed by atoms with van der Waals surface area (Å²) < 4.78 is 8.09. The smallest absolute Gasteiger partial charge is 0.119 e. The summed E-state index contributed by atoms with van der Waals surface area (Å²) in [6.07, 6.45) is 12.0. The fourth-order valence-electron chi connectivity index (χ4n) is 2.40. The maximum Gasteiger partial charge on any atom is 0.119 e. The van der Waals surface area contributed by atoms with Crippen LogP contribution in [-0.4, -0.2) is 6.61 Å². The Morgan fingerprint density at radius 2 is 1.67 bits per heavy atom. The summed E-state index contributed by atoms with van der Waals surface area (Å²) in [5.74, 6) is 0.958. The normalized spacial score (nSPS) is 11.3. The number of unbranched alkanes of at least 4 members (excludes halogenated alkanes) is 5. The lowest BCUT2D eigenvalue weighted by Crippen LogP contribution is -1.97. The maximum absolute atomic E-state index is 5.82. The van der Waals surface area contributed by atoms with E-state index in [0.29, 0.717) is 0 Å². The van der Waals surface area contributed by atoms with E-state index in [0.717, 1.165) is 26.4 Å². The highest BCUT2D eigenvalue weighted by molar-refractivity contribution is 9.12. The number of benzene rings is 1. The quantitative estimate of drug-likeness (QED) is 0.317. The van der Waals surface area contributed by atoms with Crippen LogP contribution in [0, 0.1) is 0 Å². The highest BCUT2D eigenvalue weighted by Gasteiger charge is 2.01. The Bertz CT molecular complexity index is 632. The van der Waals surface area contributed by atoms with Crippen LogP contribution in [0.2, 0.25) is 0 Å². The van der Waals surface area contributed by atoms with Crippen molar-refractivity contribution in [3.63, 3.8) is 0 Å². The highest BCUT2D eigenvalue weighted by atomic mass is 79.9. The van der Waals surface area contributed by atoms with Gasteiger partial charge in [-0.15, -0.1) is 11.3 Å². The second-order valence-electron chi connectivity index (χ2n) is 5.80. The second-order valence-corrected chi connectivity index (χ2v) is 9.55. The first-order valence-electron chi connectivity index (χ1n) is 8.55. The van der Waals surface area contributed by atoms with Crippen LogP contribution in [0.15, 0.2) is 37.9 Å². The molecule has 0 atom stereocenters. The molecular weight excluding hydrogens is 448 g/mol. The van der Waals surface area contributed by atoms with E-state index in [-0.39, 0.29) is 0 Å². The molecule has 130 valence electrons. The monoisotopic (exact) mass is 470 g/mol. The summed E-state index contributed by atoms with van der Waals surface area (Å²) >= 11 is 8.76.